The van der Waals surface area contributed by atoms with Gasteiger partial charge in [0.1, 0.15) is 5.75 Å². The van der Waals surface area contributed by atoms with Gasteiger partial charge in [0, 0.05) is 18.0 Å². The summed E-state index contributed by atoms with van der Waals surface area (Å²) in [6, 6.07) is 19.7. The van der Waals surface area contributed by atoms with Gasteiger partial charge in [-0.1, -0.05) is 18.2 Å². The number of ether oxygens (including phenoxy) is 1. The van der Waals surface area contributed by atoms with E-state index in [1.54, 1.807) is 67.8 Å². The van der Waals surface area contributed by atoms with Crippen LogP contribution in [0, 0.1) is 0 Å². The zero-order valence-electron chi connectivity index (χ0n) is 14.4. The minimum atomic E-state index is -3.76. The van der Waals surface area contributed by atoms with Gasteiger partial charge in [-0.15, -0.1) is 0 Å². The highest BCUT2D eigenvalue weighted by Gasteiger charge is 2.20. The van der Waals surface area contributed by atoms with Crippen molar-refractivity contribution >= 4 is 21.1 Å². The van der Waals surface area contributed by atoms with E-state index in [4.69, 9.17) is 4.74 Å². The SMILES string of the molecule is COc1ccc(-n2c(=O)ccc3c2ccn3S(=O)(=O)c2ccccc2)cc1. The molecule has 7 heteroatoms. The van der Waals surface area contributed by atoms with Crippen molar-refractivity contribution in [2.45, 2.75) is 4.90 Å². The Morgan fingerprint density at radius 1 is 0.815 bits per heavy atom. The largest absolute Gasteiger partial charge is 0.497 e. The number of fused-ring (bicyclic) bond motifs is 1. The van der Waals surface area contributed by atoms with Gasteiger partial charge in [0.15, 0.2) is 0 Å². The van der Waals surface area contributed by atoms with Crippen LogP contribution in [0.3, 0.4) is 0 Å². The maximum Gasteiger partial charge on any atom is 0.268 e. The Labute approximate surface area is 155 Å². The molecule has 0 N–H and O–H groups in total. The second kappa shape index (κ2) is 6.44. The first-order valence-electron chi connectivity index (χ1n) is 8.20. The Balaban J connectivity index is 1.94. The Kier molecular flexibility index (Phi) is 4.08. The summed E-state index contributed by atoms with van der Waals surface area (Å²) < 4.78 is 33.8. The van der Waals surface area contributed by atoms with E-state index in [9.17, 15) is 13.2 Å². The van der Waals surface area contributed by atoms with E-state index in [-0.39, 0.29) is 10.5 Å². The summed E-state index contributed by atoms with van der Waals surface area (Å²) in [4.78, 5) is 12.7. The Hall–Kier alpha value is -3.32. The molecule has 0 unspecified atom stereocenters. The highest BCUT2D eigenvalue weighted by molar-refractivity contribution is 7.90. The van der Waals surface area contributed by atoms with Gasteiger partial charge in [-0.05, 0) is 48.5 Å². The highest BCUT2D eigenvalue weighted by Crippen LogP contribution is 2.23. The number of aromatic nitrogens is 2. The van der Waals surface area contributed by atoms with Crippen LogP contribution in [-0.2, 0) is 10.0 Å². The van der Waals surface area contributed by atoms with E-state index in [0.29, 0.717) is 22.5 Å². The fourth-order valence-electron chi connectivity index (χ4n) is 3.02. The fourth-order valence-corrected chi connectivity index (χ4v) is 4.38. The molecule has 4 rings (SSSR count). The molecule has 27 heavy (non-hydrogen) atoms. The summed E-state index contributed by atoms with van der Waals surface area (Å²) in [6.45, 7) is 0. The summed E-state index contributed by atoms with van der Waals surface area (Å²) >= 11 is 0. The van der Waals surface area contributed by atoms with E-state index in [1.807, 2.05) is 0 Å². The van der Waals surface area contributed by atoms with Gasteiger partial charge in [-0.3, -0.25) is 9.36 Å². The van der Waals surface area contributed by atoms with E-state index >= 15 is 0 Å². The molecule has 2 heterocycles. The number of rotatable bonds is 4. The number of pyridine rings is 1. The van der Waals surface area contributed by atoms with Crippen LogP contribution in [0.1, 0.15) is 0 Å². The lowest BCUT2D eigenvalue weighted by molar-refractivity contribution is 0.415. The molecule has 0 saturated heterocycles. The van der Waals surface area contributed by atoms with Gasteiger partial charge in [-0.25, -0.2) is 12.4 Å². The number of benzene rings is 2. The predicted molar refractivity (Wildman–Crippen MR) is 103 cm³/mol. The molecule has 4 aromatic rings. The molecule has 136 valence electrons. The molecule has 0 atom stereocenters. The Morgan fingerprint density at radius 3 is 2.19 bits per heavy atom. The molecule has 0 bridgehead atoms. The van der Waals surface area contributed by atoms with Gasteiger partial charge < -0.3 is 4.74 Å². The van der Waals surface area contributed by atoms with Crippen molar-refractivity contribution in [1.29, 1.82) is 0 Å². The van der Waals surface area contributed by atoms with Crippen LogP contribution >= 0.6 is 0 Å². The van der Waals surface area contributed by atoms with Crippen molar-refractivity contribution in [2.24, 2.45) is 0 Å². The van der Waals surface area contributed by atoms with Gasteiger partial charge in [0.2, 0.25) is 0 Å². The maximum absolute atomic E-state index is 13.0. The van der Waals surface area contributed by atoms with Crippen LogP contribution in [-0.4, -0.2) is 24.1 Å². The van der Waals surface area contributed by atoms with Crippen LogP contribution in [0.15, 0.2) is 88.7 Å². The van der Waals surface area contributed by atoms with Crippen molar-refractivity contribution in [3.63, 3.8) is 0 Å². The molecule has 0 aliphatic heterocycles. The van der Waals surface area contributed by atoms with Gasteiger partial charge in [0.05, 0.1) is 23.0 Å². The third kappa shape index (κ3) is 2.82. The number of methoxy groups -OCH3 is 1. The summed E-state index contributed by atoms with van der Waals surface area (Å²) in [6.07, 6.45) is 1.46. The number of hydrogen-bond donors (Lipinski definition) is 0. The molecule has 2 aromatic heterocycles. The van der Waals surface area contributed by atoms with Crippen molar-refractivity contribution in [2.75, 3.05) is 7.11 Å². The highest BCUT2D eigenvalue weighted by atomic mass is 32.2. The second-order valence-corrected chi connectivity index (χ2v) is 7.72. The summed E-state index contributed by atoms with van der Waals surface area (Å²) in [5.41, 5.74) is 1.31. The Bertz CT molecular complexity index is 1270. The lowest BCUT2D eigenvalue weighted by Crippen LogP contribution is -2.18. The molecule has 0 aliphatic carbocycles. The zero-order valence-corrected chi connectivity index (χ0v) is 15.3. The van der Waals surface area contributed by atoms with Crippen LogP contribution in [0.2, 0.25) is 0 Å². The van der Waals surface area contributed by atoms with Gasteiger partial charge >= 0.3 is 0 Å². The minimum absolute atomic E-state index is 0.185. The van der Waals surface area contributed by atoms with Crippen LogP contribution < -0.4 is 10.3 Å². The zero-order chi connectivity index (χ0) is 19.0. The molecular formula is C20H16N2O4S. The van der Waals surface area contributed by atoms with Crippen molar-refractivity contribution < 1.29 is 13.2 Å². The lowest BCUT2D eigenvalue weighted by atomic mass is 10.2. The average Bonchev–Trinajstić information content (AvgIpc) is 3.13. The summed E-state index contributed by atoms with van der Waals surface area (Å²) in [5.74, 6) is 0.670. The van der Waals surface area contributed by atoms with E-state index < -0.39 is 10.0 Å². The average molecular weight is 380 g/mol. The van der Waals surface area contributed by atoms with Crippen LogP contribution in [0.25, 0.3) is 16.7 Å². The van der Waals surface area contributed by atoms with Gasteiger partial charge in [0.25, 0.3) is 15.6 Å². The van der Waals surface area contributed by atoms with Gasteiger partial charge in [-0.2, -0.15) is 0 Å². The lowest BCUT2D eigenvalue weighted by Gasteiger charge is -2.11. The standard InChI is InChI=1S/C20H16N2O4S/c1-26-16-9-7-15(8-10-16)22-19-13-14-21(18(19)11-12-20(22)23)27(24,25)17-5-3-2-4-6-17/h2-14H,1H3. The topological polar surface area (TPSA) is 70.3 Å². The number of hydrogen-bond acceptors (Lipinski definition) is 4. The molecule has 0 aliphatic rings. The third-order valence-electron chi connectivity index (χ3n) is 4.34. The Morgan fingerprint density at radius 2 is 1.52 bits per heavy atom. The molecule has 0 radical (unpaired) electrons. The van der Waals surface area contributed by atoms with E-state index in [0.717, 1.165) is 0 Å². The molecule has 0 amide bonds. The fraction of sp³-hybridized carbons (Fsp3) is 0.0500. The summed E-state index contributed by atoms with van der Waals surface area (Å²) in [7, 11) is -2.20. The normalized spacial score (nSPS) is 11.6. The van der Waals surface area contributed by atoms with Crippen LogP contribution in [0.4, 0.5) is 0 Å². The smallest absolute Gasteiger partial charge is 0.268 e. The molecule has 0 saturated carbocycles. The number of nitrogens with zero attached hydrogens (tertiary/aromatic N) is 2. The quantitative estimate of drug-likeness (QED) is 0.546. The molecule has 0 fully saturated rings. The molecule has 2 aromatic carbocycles. The first kappa shape index (κ1) is 17.1. The van der Waals surface area contributed by atoms with Crippen molar-refractivity contribution in [1.82, 2.24) is 8.54 Å². The second-order valence-electron chi connectivity index (χ2n) is 5.91. The molecular weight excluding hydrogens is 364 g/mol. The first-order chi connectivity index (χ1) is 13.0. The monoisotopic (exact) mass is 380 g/mol. The maximum atomic E-state index is 13.0. The third-order valence-corrected chi connectivity index (χ3v) is 6.05. The van der Waals surface area contributed by atoms with Crippen LogP contribution in [0.5, 0.6) is 5.75 Å². The predicted octanol–water partition coefficient (Wildman–Crippen LogP) is 3.04. The van der Waals surface area contributed by atoms with E-state index in [2.05, 4.69) is 0 Å². The van der Waals surface area contributed by atoms with Crippen molar-refractivity contribution in [3.05, 3.63) is 89.3 Å². The molecule has 0 spiro atoms. The molecule has 6 nitrogen and oxygen atoms in total. The van der Waals surface area contributed by atoms with E-state index in [1.165, 1.54) is 26.9 Å². The summed E-state index contributed by atoms with van der Waals surface area (Å²) in [5, 5.41) is 0. The van der Waals surface area contributed by atoms with Crippen molar-refractivity contribution in [3.8, 4) is 11.4 Å². The minimum Gasteiger partial charge on any atom is -0.497 e. The first-order valence-corrected chi connectivity index (χ1v) is 9.64.